The molecule has 4 rings (SSSR count). The lowest BCUT2D eigenvalue weighted by Gasteiger charge is -2.05. The Labute approximate surface area is 152 Å². The lowest BCUT2D eigenvalue weighted by molar-refractivity contribution is 0.537. The summed E-state index contributed by atoms with van der Waals surface area (Å²) in [5.74, 6) is 1.18. The molecule has 0 radical (unpaired) electrons. The molecule has 0 saturated carbocycles. The zero-order chi connectivity index (χ0) is 18.1. The number of anilines is 1. The average molecular weight is 363 g/mol. The van der Waals surface area contributed by atoms with Crippen LogP contribution in [0, 0.1) is 11.3 Å². The molecule has 0 fully saturated rings. The van der Waals surface area contributed by atoms with Gasteiger partial charge in [-0.25, -0.2) is 4.68 Å². The monoisotopic (exact) mass is 363 g/mol. The number of nitriles is 1. The molecule has 2 N–H and O–H groups in total. The third kappa shape index (κ3) is 2.82. The van der Waals surface area contributed by atoms with E-state index in [4.69, 9.17) is 10.2 Å². The Morgan fingerprint density at radius 3 is 2.73 bits per heavy atom. The molecule has 3 aromatic heterocycles. The first-order valence-electron chi connectivity index (χ1n) is 7.76. The van der Waals surface area contributed by atoms with Crippen molar-refractivity contribution in [3.63, 3.8) is 0 Å². The molecule has 8 nitrogen and oxygen atoms in total. The van der Waals surface area contributed by atoms with Gasteiger partial charge in [0.2, 0.25) is 5.13 Å². The van der Waals surface area contributed by atoms with Gasteiger partial charge in [-0.05, 0) is 31.2 Å². The standard InChI is InChI=1S/C17H13N7OS/c1-10(16-21-22-17(19)26-16)24-9-13(20-23-24)15-7-6-14(25-15)12-5-3-2-4-11(12)8-18/h2-7,9-10H,1H3,(H2,19,22)/t10-/m0/s1. The number of nitrogen functional groups attached to an aromatic ring is 1. The van der Waals surface area contributed by atoms with Gasteiger partial charge in [-0.15, -0.1) is 15.3 Å². The van der Waals surface area contributed by atoms with E-state index >= 15 is 0 Å². The molecule has 0 bridgehead atoms. The highest BCUT2D eigenvalue weighted by molar-refractivity contribution is 7.15. The van der Waals surface area contributed by atoms with Gasteiger partial charge in [-0.3, -0.25) is 0 Å². The van der Waals surface area contributed by atoms with Crippen LogP contribution in [0.4, 0.5) is 5.13 Å². The summed E-state index contributed by atoms with van der Waals surface area (Å²) < 4.78 is 7.57. The summed E-state index contributed by atoms with van der Waals surface area (Å²) in [4.78, 5) is 0. The van der Waals surface area contributed by atoms with Crippen molar-refractivity contribution >= 4 is 16.5 Å². The van der Waals surface area contributed by atoms with Crippen LogP contribution in [0.2, 0.25) is 0 Å². The van der Waals surface area contributed by atoms with Gasteiger partial charge in [0.1, 0.15) is 22.5 Å². The molecule has 9 heteroatoms. The predicted octanol–water partition coefficient (Wildman–Crippen LogP) is 3.12. The number of hydrogen-bond donors (Lipinski definition) is 1. The Hall–Kier alpha value is -3.51. The second kappa shape index (κ2) is 6.42. The van der Waals surface area contributed by atoms with Gasteiger partial charge in [0.05, 0.1) is 17.8 Å². The third-order valence-electron chi connectivity index (χ3n) is 3.89. The van der Waals surface area contributed by atoms with Crippen molar-refractivity contribution in [1.29, 1.82) is 5.26 Å². The molecule has 0 aliphatic heterocycles. The number of nitrogens with two attached hydrogens (primary N) is 1. The van der Waals surface area contributed by atoms with Gasteiger partial charge >= 0.3 is 0 Å². The van der Waals surface area contributed by atoms with Crippen molar-refractivity contribution in [1.82, 2.24) is 25.2 Å². The SMILES string of the molecule is C[C@@H](c1nnc(N)s1)n1cc(-c2ccc(-c3ccccc3C#N)o2)nn1. The normalized spacial score (nSPS) is 12.0. The van der Waals surface area contributed by atoms with Gasteiger partial charge in [-0.1, -0.05) is 28.7 Å². The fourth-order valence-corrected chi connectivity index (χ4v) is 3.18. The maximum absolute atomic E-state index is 9.24. The molecule has 0 amide bonds. The molecule has 1 atom stereocenters. The van der Waals surface area contributed by atoms with Crippen molar-refractivity contribution in [2.75, 3.05) is 5.73 Å². The summed E-state index contributed by atoms with van der Waals surface area (Å²) in [6, 6.07) is 12.9. The van der Waals surface area contributed by atoms with E-state index in [9.17, 15) is 5.26 Å². The summed E-state index contributed by atoms with van der Waals surface area (Å²) in [7, 11) is 0. The summed E-state index contributed by atoms with van der Waals surface area (Å²) in [6.45, 7) is 1.94. The van der Waals surface area contributed by atoms with Crippen LogP contribution in [0.3, 0.4) is 0 Å². The molecule has 0 spiro atoms. The van der Waals surface area contributed by atoms with Crippen LogP contribution < -0.4 is 5.73 Å². The minimum Gasteiger partial charge on any atom is -0.454 e. The Morgan fingerprint density at radius 2 is 1.96 bits per heavy atom. The van der Waals surface area contributed by atoms with Crippen molar-refractivity contribution in [3.8, 4) is 28.8 Å². The van der Waals surface area contributed by atoms with E-state index in [1.807, 2.05) is 37.3 Å². The van der Waals surface area contributed by atoms with E-state index in [0.717, 1.165) is 10.6 Å². The van der Waals surface area contributed by atoms with E-state index in [0.29, 0.717) is 27.9 Å². The fraction of sp³-hybridized carbons (Fsp3) is 0.118. The smallest absolute Gasteiger partial charge is 0.203 e. The lowest BCUT2D eigenvalue weighted by atomic mass is 10.1. The molecule has 3 heterocycles. The van der Waals surface area contributed by atoms with E-state index in [1.165, 1.54) is 11.3 Å². The van der Waals surface area contributed by atoms with Crippen molar-refractivity contribution in [2.24, 2.45) is 0 Å². The van der Waals surface area contributed by atoms with Gasteiger partial charge < -0.3 is 10.2 Å². The van der Waals surface area contributed by atoms with E-state index in [1.54, 1.807) is 16.9 Å². The van der Waals surface area contributed by atoms with Crippen LogP contribution >= 0.6 is 11.3 Å². The Balaban J connectivity index is 1.63. The number of benzene rings is 1. The molecule has 1 aromatic carbocycles. The van der Waals surface area contributed by atoms with E-state index < -0.39 is 0 Å². The molecule has 0 aliphatic carbocycles. The van der Waals surface area contributed by atoms with Gasteiger partial charge in [-0.2, -0.15) is 5.26 Å². The molecule has 0 unspecified atom stereocenters. The molecular formula is C17H13N7OS. The first-order valence-corrected chi connectivity index (χ1v) is 8.58. The van der Waals surface area contributed by atoms with Crippen molar-refractivity contribution in [3.05, 3.63) is 53.2 Å². The number of hydrogen-bond acceptors (Lipinski definition) is 8. The van der Waals surface area contributed by atoms with Crippen molar-refractivity contribution < 1.29 is 4.42 Å². The minimum atomic E-state index is -0.139. The first-order chi connectivity index (χ1) is 12.7. The number of aromatic nitrogens is 5. The Bertz CT molecular complexity index is 1100. The topological polar surface area (TPSA) is 119 Å². The quantitative estimate of drug-likeness (QED) is 0.591. The highest BCUT2D eigenvalue weighted by atomic mass is 32.1. The zero-order valence-electron chi connectivity index (χ0n) is 13.7. The van der Waals surface area contributed by atoms with Crippen LogP contribution in [0.15, 0.2) is 47.0 Å². The summed E-state index contributed by atoms with van der Waals surface area (Å²) in [5.41, 5.74) is 7.52. The van der Waals surface area contributed by atoms with Crippen LogP contribution in [-0.4, -0.2) is 25.2 Å². The predicted molar refractivity (Wildman–Crippen MR) is 96.0 cm³/mol. The Kier molecular flexibility index (Phi) is 3.95. The number of rotatable bonds is 4. The third-order valence-corrected chi connectivity index (χ3v) is 4.81. The van der Waals surface area contributed by atoms with E-state index in [2.05, 4.69) is 26.6 Å². The highest BCUT2D eigenvalue weighted by Gasteiger charge is 2.17. The second-order valence-electron chi connectivity index (χ2n) is 5.56. The molecule has 26 heavy (non-hydrogen) atoms. The van der Waals surface area contributed by atoms with Crippen LogP contribution in [0.5, 0.6) is 0 Å². The lowest BCUT2D eigenvalue weighted by Crippen LogP contribution is -2.07. The molecule has 4 aromatic rings. The molecular weight excluding hydrogens is 350 g/mol. The zero-order valence-corrected chi connectivity index (χ0v) is 14.5. The summed E-state index contributed by atoms with van der Waals surface area (Å²) in [6.07, 6.45) is 1.78. The molecule has 0 saturated heterocycles. The molecule has 0 aliphatic rings. The maximum Gasteiger partial charge on any atom is 0.203 e. The van der Waals surface area contributed by atoms with Crippen molar-refractivity contribution in [2.45, 2.75) is 13.0 Å². The van der Waals surface area contributed by atoms with Gasteiger partial charge in [0.15, 0.2) is 5.76 Å². The van der Waals surface area contributed by atoms with Crippen LogP contribution in [-0.2, 0) is 0 Å². The fourth-order valence-electron chi connectivity index (χ4n) is 2.52. The van der Waals surface area contributed by atoms with Gasteiger partial charge in [0, 0.05) is 5.56 Å². The van der Waals surface area contributed by atoms with E-state index in [-0.39, 0.29) is 6.04 Å². The largest absolute Gasteiger partial charge is 0.454 e. The van der Waals surface area contributed by atoms with Crippen LogP contribution in [0.25, 0.3) is 22.8 Å². The van der Waals surface area contributed by atoms with Crippen LogP contribution in [0.1, 0.15) is 23.5 Å². The first kappa shape index (κ1) is 16.0. The number of nitrogens with zero attached hydrogens (tertiary/aromatic N) is 6. The number of furan rings is 1. The Morgan fingerprint density at radius 1 is 1.15 bits per heavy atom. The summed E-state index contributed by atoms with van der Waals surface area (Å²) >= 11 is 1.31. The average Bonchev–Trinajstić information content (AvgIpc) is 3.41. The summed E-state index contributed by atoms with van der Waals surface area (Å²) in [5, 5.41) is 26.6. The maximum atomic E-state index is 9.24. The van der Waals surface area contributed by atoms with Gasteiger partial charge in [0.25, 0.3) is 0 Å². The minimum absolute atomic E-state index is 0.139. The second-order valence-corrected chi connectivity index (χ2v) is 6.60. The highest BCUT2D eigenvalue weighted by Crippen LogP contribution is 2.30. The molecule has 128 valence electrons.